The number of allylic oxidation sites excluding steroid dienone is 2. The molecule has 6 rings (SSSR count). The fraction of sp³-hybridized carbons (Fsp3) is 0.385. The van der Waals surface area contributed by atoms with Gasteiger partial charge in [0.25, 0.3) is 11.8 Å². The summed E-state index contributed by atoms with van der Waals surface area (Å²) in [4.78, 5) is 53.8. The number of aromatic hydroxyl groups is 1. The monoisotopic (exact) mass is 622 g/mol. The van der Waals surface area contributed by atoms with Crippen molar-refractivity contribution in [3.05, 3.63) is 63.9 Å². The van der Waals surface area contributed by atoms with Crippen molar-refractivity contribution in [1.82, 2.24) is 9.80 Å². The van der Waals surface area contributed by atoms with Crippen LogP contribution in [0.25, 0.3) is 0 Å². The van der Waals surface area contributed by atoms with Crippen LogP contribution in [0.4, 0.5) is 0 Å². The molecular weight excluding hydrogens is 603 g/mol. The number of phenolic OH excluding ortho intramolecular Hbond substituents is 1. The van der Waals surface area contributed by atoms with Gasteiger partial charge in [0, 0.05) is 16.4 Å². The summed E-state index contributed by atoms with van der Waals surface area (Å²) >= 11 is 18.9. The maximum Gasteiger partial charge on any atom is 0.254 e. The maximum atomic E-state index is 13.8. The predicted octanol–water partition coefficient (Wildman–Crippen LogP) is 4.37. The Labute approximate surface area is 235 Å². The standard InChI is InChI=1S/C26H21BrCl2N2O5S/c27-12-31-23(35)25(28)10-17-14(20(26(25,29)24(31)36)15-5-1-2-6-18(15)32)7-8-16-19(17)22(34)30(21(16)33)11-13-4-3-9-37-13/h1-7,9,16-17,19-20,32H,8,10-12H2/t16-,17+,19-,20+,25+,26-/m0/s1. The van der Waals surface area contributed by atoms with E-state index in [0.717, 1.165) is 9.78 Å². The second-order valence-corrected chi connectivity index (χ2v) is 12.7. The van der Waals surface area contributed by atoms with Crippen molar-refractivity contribution in [1.29, 1.82) is 0 Å². The molecule has 6 atom stereocenters. The summed E-state index contributed by atoms with van der Waals surface area (Å²) in [5.41, 5.74) is 0.913. The molecule has 3 heterocycles. The Balaban J connectivity index is 1.50. The van der Waals surface area contributed by atoms with Crippen molar-refractivity contribution >= 4 is 74.1 Å². The van der Waals surface area contributed by atoms with E-state index >= 15 is 0 Å². The molecule has 2 aliphatic heterocycles. The van der Waals surface area contributed by atoms with E-state index in [1.807, 2.05) is 23.6 Å². The average Bonchev–Trinajstić information content (AvgIpc) is 3.52. The van der Waals surface area contributed by atoms with E-state index in [0.29, 0.717) is 17.6 Å². The van der Waals surface area contributed by atoms with Crippen LogP contribution in [0, 0.1) is 17.8 Å². The molecule has 37 heavy (non-hydrogen) atoms. The highest BCUT2D eigenvalue weighted by molar-refractivity contribution is 9.09. The first-order valence-corrected chi connectivity index (χ1v) is 14.6. The van der Waals surface area contributed by atoms with Gasteiger partial charge in [-0.2, -0.15) is 0 Å². The molecule has 192 valence electrons. The Bertz CT molecular complexity index is 1380. The molecule has 2 saturated heterocycles. The van der Waals surface area contributed by atoms with Crippen molar-refractivity contribution in [3.63, 3.8) is 0 Å². The van der Waals surface area contributed by atoms with Gasteiger partial charge in [-0.15, -0.1) is 34.5 Å². The number of carbonyl (C=O) groups excluding carboxylic acids is 4. The largest absolute Gasteiger partial charge is 0.508 e. The SMILES string of the molecule is O=C1[C@H]2[C@H](CC=C3[C@H]2C[C@@]2(Cl)C(=O)N(CBr)C(=O)[C@@]2(Cl)[C@H]3c2ccccc2O)C(=O)N1Cc1cccs1. The summed E-state index contributed by atoms with van der Waals surface area (Å²) in [6.45, 7) is 0.188. The molecule has 4 amide bonds. The molecule has 0 radical (unpaired) electrons. The first kappa shape index (κ1) is 25.1. The number of rotatable bonds is 4. The molecule has 2 aromatic rings. The molecule has 1 N–H and O–H groups in total. The lowest BCUT2D eigenvalue weighted by molar-refractivity contribution is -0.141. The highest BCUT2D eigenvalue weighted by Gasteiger charge is 2.76. The highest BCUT2D eigenvalue weighted by atomic mass is 79.9. The quantitative estimate of drug-likeness (QED) is 0.236. The lowest BCUT2D eigenvalue weighted by Crippen LogP contribution is -2.60. The van der Waals surface area contributed by atoms with Gasteiger partial charge in [-0.05, 0) is 36.3 Å². The number of thiophene rings is 1. The van der Waals surface area contributed by atoms with Crippen molar-refractivity contribution in [2.45, 2.75) is 35.1 Å². The number of amides is 4. The highest BCUT2D eigenvalue weighted by Crippen LogP contribution is 2.66. The van der Waals surface area contributed by atoms with Gasteiger partial charge in [-0.3, -0.25) is 29.0 Å². The Morgan fingerprint density at radius 3 is 2.43 bits per heavy atom. The molecule has 1 aromatic carbocycles. The fourth-order valence-corrected chi connectivity index (χ4v) is 8.72. The molecule has 11 heteroatoms. The fourth-order valence-electron chi connectivity index (χ4n) is 6.61. The molecule has 0 spiro atoms. The minimum Gasteiger partial charge on any atom is -0.508 e. The summed E-state index contributed by atoms with van der Waals surface area (Å²) in [6, 6.07) is 10.2. The number of benzene rings is 1. The number of para-hydroxylation sites is 1. The molecule has 3 fully saturated rings. The Hall–Kier alpha value is -2.20. The van der Waals surface area contributed by atoms with E-state index in [1.165, 1.54) is 22.3 Å². The number of alkyl halides is 3. The third kappa shape index (κ3) is 3.23. The summed E-state index contributed by atoms with van der Waals surface area (Å²) < 4.78 is 0. The van der Waals surface area contributed by atoms with Crippen LogP contribution in [-0.4, -0.2) is 53.7 Å². The van der Waals surface area contributed by atoms with Gasteiger partial charge in [0.2, 0.25) is 11.8 Å². The van der Waals surface area contributed by atoms with Crippen molar-refractivity contribution < 1.29 is 24.3 Å². The number of halogens is 3. The smallest absolute Gasteiger partial charge is 0.254 e. The van der Waals surface area contributed by atoms with E-state index in [1.54, 1.807) is 18.2 Å². The summed E-state index contributed by atoms with van der Waals surface area (Å²) in [5.74, 6) is -4.87. The number of hydrogen-bond donors (Lipinski definition) is 1. The molecule has 0 unspecified atom stereocenters. The van der Waals surface area contributed by atoms with Crippen molar-refractivity contribution in [2.24, 2.45) is 17.8 Å². The van der Waals surface area contributed by atoms with E-state index in [4.69, 9.17) is 23.2 Å². The Morgan fingerprint density at radius 2 is 1.76 bits per heavy atom. The summed E-state index contributed by atoms with van der Waals surface area (Å²) in [5, 5.41) is 12.7. The van der Waals surface area contributed by atoms with Crippen LogP contribution in [0.3, 0.4) is 0 Å². The lowest BCUT2D eigenvalue weighted by Gasteiger charge is -2.50. The molecule has 7 nitrogen and oxygen atoms in total. The molecule has 0 bridgehead atoms. The first-order valence-electron chi connectivity index (χ1n) is 11.8. The summed E-state index contributed by atoms with van der Waals surface area (Å²) in [7, 11) is 0. The van der Waals surface area contributed by atoms with E-state index < -0.39 is 45.2 Å². The molecule has 1 aromatic heterocycles. The number of nitrogens with zero attached hydrogens (tertiary/aromatic N) is 2. The van der Waals surface area contributed by atoms with Gasteiger partial charge in [-0.25, -0.2) is 0 Å². The van der Waals surface area contributed by atoms with Crippen LogP contribution < -0.4 is 0 Å². The summed E-state index contributed by atoms with van der Waals surface area (Å²) in [6.07, 6.45) is 2.08. The molecular formula is C26H21BrCl2N2O5S. The average molecular weight is 624 g/mol. The van der Waals surface area contributed by atoms with E-state index in [2.05, 4.69) is 15.9 Å². The third-order valence-corrected chi connectivity index (χ3v) is 11.0. The predicted molar refractivity (Wildman–Crippen MR) is 141 cm³/mol. The van der Waals surface area contributed by atoms with Crippen LogP contribution in [-0.2, 0) is 25.7 Å². The number of hydrogen-bond acceptors (Lipinski definition) is 6. The normalized spacial score (nSPS) is 34.9. The van der Waals surface area contributed by atoms with Crippen LogP contribution in [0.5, 0.6) is 5.75 Å². The van der Waals surface area contributed by atoms with Crippen LogP contribution >= 0.6 is 50.5 Å². The van der Waals surface area contributed by atoms with E-state index in [9.17, 15) is 24.3 Å². The second-order valence-electron chi connectivity index (χ2n) is 9.89. The van der Waals surface area contributed by atoms with Gasteiger partial charge >= 0.3 is 0 Å². The number of likely N-dealkylation sites (tertiary alicyclic amines) is 2. The maximum absolute atomic E-state index is 13.8. The Kier molecular flexibility index (Phi) is 5.87. The number of fused-ring (bicyclic) bond motifs is 4. The first-order chi connectivity index (χ1) is 17.6. The third-order valence-electron chi connectivity index (χ3n) is 8.25. The van der Waals surface area contributed by atoms with Crippen LogP contribution in [0.15, 0.2) is 53.4 Å². The zero-order valence-electron chi connectivity index (χ0n) is 19.3. The van der Waals surface area contributed by atoms with Crippen LogP contribution in [0.1, 0.15) is 29.2 Å². The number of carbonyl (C=O) groups is 4. The molecule has 2 aliphatic carbocycles. The van der Waals surface area contributed by atoms with Crippen molar-refractivity contribution in [3.8, 4) is 5.75 Å². The van der Waals surface area contributed by atoms with Gasteiger partial charge in [-0.1, -0.05) is 51.8 Å². The van der Waals surface area contributed by atoms with Gasteiger partial charge in [0.05, 0.1) is 23.8 Å². The molecule has 4 aliphatic rings. The molecule has 1 saturated carbocycles. The van der Waals surface area contributed by atoms with Gasteiger partial charge < -0.3 is 5.11 Å². The zero-order chi connectivity index (χ0) is 26.3. The van der Waals surface area contributed by atoms with Crippen molar-refractivity contribution in [2.75, 3.05) is 5.45 Å². The van der Waals surface area contributed by atoms with Gasteiger partial charge in [0.15, 0.2) is 9.75 Å². The Morgan fingerprint density at radius 1 is 1.00 bits per heavy atom. The number of phenols is 1. The minimum absolute atomic E-state index is 0.0743. The topological polar surface area (TPSA) is 95.0 Å². The number of imide groups is 2. The van der Waals surface area contributed by atoms with E-state index in [-0.39, 0.29) is 36.0 Å². The zero-order valence-corrected chi connectivity index (χ0v) is 23.2. The van der Waals surface area contributed by atoms with Crippen LogP contribution in [0.2, 0.25) is 0 Å². The lowest BCUT2D eigenvalue weighted by atomic mass is 9.56. The second kappa shape index (κ2) is 8.66. The van der Waals surface area contributed by atoms with Gasteiger partial charge in [0.1, 0.15) is 5.75 Å². The minimum atomic E-state index is -1.92.